The Morgan fingerprint density at radius 2 is 0.950 bits per heavy atom. The van der Waals surface area contributed by atoms with Crippen LogP contribution < -0.4 is 0 Å². The van der Waals surface area contributed by atoms with Gasteiger partial charge in [0, 0.05) is 29.7 Å². The summed E-state index contributed by atoms with van der Waals surface area (Å²) in [4.78, 5) is 0. The molecule has 0 aromatic carbocycles. The van der Waals surface area contributed by atoms with E-state index >= 15 is 0 Å². The largest absolute Gasteiger partial charge is 0.274 e. The Hall–Kier alpha value is 1.55. The fourth-order valence-electron chi connectivity index (χ4n) is 4.89. The van der Waals surface area contributed by atoms with Gasteiger partial charge in [0.2, 0.25) is 0 Å². The third-order valence-corrected chi connectivity index (χ3v) is 106. The molecular weight excluding hydrogens is 349 g/mol. The molecule has 1 unspecified atom stereocenters. The molecule has 0 N–H and O–H groups in total. The molecule has 0 aliphatic rings. The first kappa shape index (κ1) is 21.5. The average Bonchev–Trinajstić information content (AvgIpc) is 2.12. The van der Waals surface area contributed by atoms with Crippen LogP contribution in [0.25, 0.3) is 0 Å². The van der Waals surface area contributed by atoms with Gasteiger partial charge < -0.3 is 0 Å². The van der Waals surface area contributed by atoms with Gasteiger partial charge in [0.25, 0.3) is 0 Å². The van der Waals surface area contributed by atoms with E-state index < -0.39 is 36.0 Å². The van der Waals surface area contributed by atoms with Gasteiger partial charge in [-0.3, -0.25) is 4.67 Å². The van der Waals surface area contributed by atoms with E-state index in [1.165, 1.54) is 0 Å². The van der Waals surface area contributed by atoms with Gasteiger partial charge >= 0.3 is 0 Å². The van der Waals surface area contributed by atoms with Crippen molar-refractivity contribution in [3.8, 4) is 0 Å². The van der Waals surface area contributed by atoms with Crippen LogP contribution in [0.15, 0.2) is 0 Å². The van der Waals surface area contributed by atoms with Crippen molar-refractivity contribution >= 4 is 47.3 Å². The SMILES string of the molecule is CCN(CC)P(Cl)[Si]([Si](C)(C)C)([Si](C)(C)C)[Si](C)(C)C. The van der Waals surface area contributed by atoms with E-state index in [0.717, 1.165) is 13.1 Å². The number of hydrogen-bond donors (Lipinski definition) is 0. The Morgan fingerprint density at radius 1 is 0.700 bits per heavy atom. The van der Waals surface area contributed by atoms with E-state index in [-0.39, 0.29) is 0 Å². The Kier molecular flexibility index (Phi) is 7.52. The highest BCUT2D eigenvalue weighted by Gasteiger charge is 2.66. The lowest BCUT2D eigenvalue weighted by molar-refractivity contribution is 0.518. The monoisotopic (exact) mass is 385 g/mol. The van der Waals surface area contributed by atoms with Gasteiger partial charge in [0.1, 0.15) is 0 Å². The smallest absolute Gasteiger partial charge is 0.0983 e. The predicted molar refractivity (Wildman–Crippen MR) is 111 cm³/mol. The summed E-state index contributed by atoms with van der Waals surface area (Å²) < 4.78 is 2.64. The molecule has 7 heteroatoms. The lowest BCUT2D eigenvalue weighted by Crippen LogP contribution is -2.81. The van der Waals surface area contributed by atoms with Crippen LogP contribution in [0.3, 0.4) is 0 Å². The summed E-state index contributed by atoms with van der Waals surface area (Å²) in [5, 5.41) is 0. The maximum Gasteiger partial charge on any atom is 0.0983 e. The summed E-state index contributed by atoms with van der Waals surface area (Å²) in [5.74, 6) is 0. The molecule has 0 saturated carbocycles. The quantitative estimate of drug-likeness (QED) is 0.379. The molecule has 0 heterocycles. The van der Waals surface area contributed by atoms with E-state index in [2.05, 4.69) is 77.4 Å². The zero-order valence-electron chi connectivity index (χ0n) is 15.7. The van der Waals surface area contributed by atoms with Crippen LogP contribution in [0.5, 0.6) is 0 Å². The average molecular weight is 386 g/mol. The minimum atomic E-state index is -1.44. The molecule has 0 spiro atoms. The molecule has 1 atom stereocenters. The maximum atomic E-state index is 7.38. The Bertz CT molecular complexity index is 280. The predicted octanol–water partition coefficient (Wildman–Crippen LogP) is 6.07. The number of halogens is 1. The normalized spacial score (nSPS) is 16.6. The zero-order chi connectivity index (χ0) is 16.6. The van der Waals surface area contributed by atoms with Crippen molar-refractivity contribution in [3.05, 3.63) is 0 Å². The van der Waals surface area contributed by atoms with Gasteiger partial charge in [0.05, 0.1) is 6.29 Å². The van der Waals surface area contributed by atoms with Gasteiger partial charge in [-0.2, -0.15) is 0 Å². The summed E-state index contributed by atoms with van der Waals surface area (Å²) in [5.41, 5.74) is 0. The maximum absolute atomic E-state index is 7.38. The molecule has 0 aromatic heterocycles. The van der Waals surface area contributed by atoms with Gasteiger partial charge in [-0.05, 0) is 13.1 Å². The van der Waals surface area contributed by atoms with Gasteiger partial charge in [-0.1, -0.05) is 84.0 Å². The second kappa shape index (κ2) is 6.98. The van der Waals surface area contributed by atoms with Crippen LogP contribution in [0.4, 0.5) is 0 Å². The second-order valence-electron chi connectivity index (χ2n) is 8.86. The van der Waals surface area contributed by atoms with Gasteiger partial charge in [-0.25, -0.2) is 0 Å². The molecule has 0 fully saturated rings. The Morgan fingerprint density at radius 3 is 1.10 bits per heavy atom. The molecule has 1 nitrogen and oxygen atoms in total. The third-order valence-electron chi connectivity index (χ3n) is 4.51. The van der Waals surface area contributed by atoms with Crippen molar-refractivity contribution in [2.45, 2.75) is 72.8 Å². The van der Waals surface area contributed by atoms with Crippen LogP contribution in [-0.4, -0.2) is 46.8 Å². The molecule has 20 heavy (non-hydrogen) atoms. The third kappa shape index (κ3) is 3.71. The standard InChI is InChI=1S/C13H37ClNPSi4/c1-12-15(13-2)16(14)20(17(3,4)5,18(6,7)8)19(9,10)11/h12-13H2,1-11H3. The number of nitrogens with zero attached hydrogens (tertiary/aromatic N) is 1. The minimum absolute atomic E-state index is 0.426. The fourth-order valence-corrected chi connectivity index (χ4v) is 142. The van der Waals surface area contributed by atoms with E-state index in [9.17, 15) is 0 Å². The lowest BCUT2D eigenvalue weighted by Gasteiger charge is -2.60. The highest BCUT2D eigenvalue weighted by atomic mass is 35.7. The molecule has 0 saturated heterocycles. The van der Waals surface area contributed by atoms with E-state index in [0.29, 0.717) is 0 Å². The van der Waals surface area contributed by atoms with Crippen LogP contribution in [0.2, 0.25) is 58.9 Å². The molecule has 0 aromatic rings. The van der Waals surface area contributed by atoms with Gasteiger partial charge in [0.15, 0.2) is 0 Å². The van der Waals surface area contributed by atoms with E-state index in [1.54, 1.807) is 0 Å². The summed E-state index contributed by atoms with van der Waals surface area (Å²) in [7, 11) is -3.75. The molecule has 0 aliphatic carbocycles. The van der Waals surface area contributed by atoms with E-state index in [1.807, 2.05) is 0 Å². The molecule has 0 radical (unpaired) electrons. The molecule has 122 valence electrons. The van der Waals surface area contributed by atoms with Crippen molar-refractivity contribution in [2.75, 3.05) is 13.1 Å². The minimum Gasteiger partial charge on any atom is -0.274 e. The van der Waals surface area contributed by atoms with Crippen molar-refractivity contribution in [2.24, 2.45) is 0 Å². The summed E-state index contributed by atoms with van der Waals surface area (Å²) in [6, 6.07) is 0. The van der Waals surface area contributed by atoms with Crippen LogP contribution in [0.1, 0.15) is 13.8 Å². The zero-order valence-corrected chi connectivity index (χ0v) is 21.3. The lowest BCUT2D eigenvalue weighted by atomic mass is 10.7. The first-order valence-corrected chi connectivity index (χ1v) is 26.4. The molecule has 0 rings (SSSR count). The molecule has 0 aliphatic heterocycles. The number of rotatable bonds is 7. The van der Waals surface area contributed by atoms with Crippen LogP contribution in [-0.2, 0) is 0 Å². The Balaban J connectivity index is 6.32. The fraction of sp³-hybridized carbons (Fsp3) is 1.00. The van der Waals surface area contributed by atoms with Crippen LogP contribution >= 0.6 is 18.2 Å². The second-order valence-corrected chi connectivity index (χ2v) is 58.5. The highest BCUT2D eigenvalue weighted by Crippen LogP contribution is 2.63. The first-order valence-electron chi connectivity index (χ1n) is 7.89. The summed E-state index contributed by atoms with van der Waals surface area (Å²) >= 11 is 7.38. The number of hydrogen-bond acceptors (Lipinski definition) is 1. The molecule has 0 bridgehead atoms. The van der Waals surface area contributed by atoms with Gasteiger partial charge in [-0.15, -0.1) is 0 Å². The van der Waals surface area contributed by atoms with Crippen molar-refractivity contribution in [3.63, 3.8) is 0 Å². The highest BCUT2D eigenvalue weighted by molar-refractivity contribution is 8.36. The Labute approximate surface area is 137 Å². The van der Waals surface area contributed by atoms with Crippen LogP contribution in [0, 0.1) is 0 Å². The molecular formula is C13H37ClNPSi4. The first-order chi connectivity index (χ1) is 8.68. The summed E-state index contributed by atoms with van der Waals surface area (Å²) in [6.45, 7) is 30.1. The van der Waals surface area contributed by atoms with Crippen molar-refractivity contribution in [1.82, 2.24) is 4.67 Å². The topological polar surface area (TPSA) is 3.24 Å². The van der Waals surface area contributed by atoms with Crippen molar-refractivity contribution < 1.29 is 0 Å². The summed E-state index contributed by atoms with van der Waals surface area (Å²) in [6.07, 6.45) is -1.44. The molecule has 0 amide bonds. The van der Waals surface area contributed by atoms with E-state index in [4.69, 9.17) is 11.2 Å². The van der Waals surface area contributed by atoms with Crippen molar-refractivity contribution in [1.29, 1.82) is 0 Å².